The number of likely N-dealkylation sites (tertiary alicyclic amines) is 1. The van der Waals surface area contributed by atoms with E-state index in [1.165, 1.54) is 17.0 Å². The highest BCUT2D eigenvalue weighted by Crippen LogP contribution is 2.34. The smallest absolute Gasteiger partial charge is 0.410 e. The molecule has 49 heavy (non-hydrogen) atoms. The molecule has 1 saturated heterocycles. The number of nitrogens with two attached hydrogens (primary N) is 1. The van der Waals surface area contributed by atoms with E-state index in [-0.39, 0.29) is 16.6 Å². The zero-order valence-corrected chi connectivity index (χ0v) is 29.4. The molecule has 4 aromatic rings. The Hall–Kier alpha value is -4.95. The molecule has 0 aliphatic carbocycles. The van der Waals surface area contributed by atoms with Crippen LogP contribution in [0.15, 0.2) is 71.6 Å². The number of aryl methyl sites for hydroxylation is 2. The van der Waals surface area contributed by atoms with Gasteiger partial charge in [-0.25, -0.2) is 9.78 Å². The lowest BCUT2D eigenvalue weighted by Crippen LogP contribution is -2.55. The van der Waals surface area contributed by atoms with E-state index in [4.69, 9.17) is 25.4 Å². The van der Waals surface area contributed by atoms with Crippen molar-refractivity contribution in [1.82, 2.24) is 19.4 Å². The second-order valence-corrected chi connectivity index (χ2v) is 13.6. The number of carbonyl (C=O) groups excluding carboxylic acids is 2. The van der Waals surface area contributed by atoms with Gasteiger partial charge in [0, 0.05) is 38.4 Å². The van der Waals surface area contributed by atoms with Gasteiger partial charge in [0.2, 0.25) is 0 Å². The Kier molecular flexibility index (Phi) is 11.7. The van der Waals surface area contributed by atoms with Gasteiger partial charge < -0.3 is 25.3 Å². The largest absolute Gasteiger partial charge is 0.449 e. The average molecular weight is 692 g/mol. The minimum absolute atomic E-state index is 0.0298. The Morgan fingerprint density at radius 1 is 1.08 bits per heavy atom. The Morgan fingerprint density at radius 3 is 2.29 bits per heavy atom. The number of hydrogen-bond donors (Lipinski definition) is 4. The number of hydrogen-bond acceptors (Lipinski definition) is 8. The molecule has 1 fully saturated rings. The van der Waals surface area contributed by atoms with Gasteiger partial charge in [0.25, 0.3) is 16.0 Å². The van der Waals surface area contributed by atoms with E-state index in [2.05, 4.69) is 5.32 Å². The third-order valence-electron chi connectivity index (χ3n) is 8.68. The van der Waals surface area contributed by atoms with Crippen LogP contribution in [0, 0.1) is 12.3 Å². The molecule has 5 rings (SSSR count). The van der Waals surface area contributed by atoms with Crippen LogP contribution in [0.1, 0.15) is 55.6 Å². The number of ether oxygens (including phenoxy) is 1. The van der Waals surface area contributed by atoms with Gasteiger partial charge in [0.1, 0.15) is 17.2 Å². The highest BCUT2D eigenvalue weighted by atomic mass is 32.2. The van der Waals surface area contributed by atoms with Crippen LogP contribution >= 0.6 is 0 Å². The van der Waals surface area contributed by atoms with Crippen molar-refractivity contribution in [3.05, 3.63) is 89.2 Å². The third kappa shape index (κ3) is 8.56. The summed E-state index contributed by atoms with van der Waals surface area (Å²) in [5, 5.41) is 10.9. The summed E-state index contributed by atoms with van der Waals surface area (Å²) in [5.74, 6) is 0.732. The van der Waals surface area contributed by atoms with E-state index < -0.39 is 21.8 Å². The molecule has 3 aromatic carbocycles. The van der Waals surface area contributed by atoms with Gasteiger partial charge in [-0.1, -0.05) is 30.7 Å². The topological polar surface area (TPSA) is 184 Å². The van der Waals surface area contributed by atoms with E-state index >= 15 is 0 Å². The number of likely N-dealkylation sites (N-methyl/N-ethyl adjacent to an activating group) is 1. The first-order valence-electron chi connectivity index (χ1n) is 16.0. The Morgan fingerprint density at radius 2 is 1.71 bits per heavy atom. The second kappa shape index (κ2) is 15.5. The average Bonchev–Trinajstić information content (AvgIpc) is 3.73. The molecule has 2 heterocycles. The van der Waals surface area contributed by atoms with E-state index in [9.17, 15) is 18.0 Å². The predicted molar refractivity (Wildman–Crippen MR) is 189 cm³/mol. The predicted octanol–water partition coefficient (Wildman–Crippen LogP) is 5.03. The SMILES string of the molecule is CCCOC(=O)N(C)[C@@](C)(C(=O)N1CCCC1)c1ccc2c(c1)nc(CNc1ccc(C(=N)N)cc1)n2C.Cc1ccc(S(=O)(=O)O)cc1. The Labute approximate surface area is 287 Å². The van der Waals surface area contributed by atoms with Crippen molar-refractivity contribution in [2.75, 3.05) is 32.1 Å². The fraction of sp³-hybridized carbons (Fsp3) is 0.371. The Bertz CT molecular complexity index is 1900. The van der Waals surface area contributed by atoms with Crippen molar-refractivity contribution in [3.8, 4) is 0 Å². The quantitative estimate of drug-likeness (QED) is 0.101. The molecule has 1 aliphatic rings. The molecule has 13 nitrogen and oxygen atoms in total. The second-order valence-electron chi connectivity index (χ2n) is 12.2. The molecule has 0 spiro atoms. The lowest BCUT2D eigenvalue weighted by atomic mass is 9.88. The van der Waals surface area contributed by atoms with Crippen LogP contribution < -0.4 is 11.1 Å². The molecule has 5 N–H and O–H groups in total. The van der Waals surface area contributed by atoms with Gasteiger partial charge in [-0.15, -0.1) is 0 Å². The van der Waals surface area contributed by atoms with Gasteiger partial charge in [-0.2, -0.15) is 8.42 Å². The van der Waals surface area contributed by atoms with Crippen LogP contribution in [-0.4, -0.2) is 76.9 Å². The van der Waals surface area contributed by atoms with Crippen molar-refractivity contribution < 1.29 is 27.3 Å². The molecule has 0 bridgehead atoms. The van der Waals surface area contributed by atoms with Gasteiger partial charge in [0.05, 0.1) is 29.1 Å². The number of rotatable bonds is 10. The minimum atomic E-state index is -4.02. The number of fused-ring (bicyclic) bond motifs is 1. The maximum absolute atomic E-state index is 13.8. The van der Waals surface area contributed by atoms with Crippen LogP contribution in [0.2, 0.25) is 0 Å². The maximum Gasteiger partial charge on any atom is 0.410 e. The minimum Gasteiger partial charge on any atom is -0.449 e. The maximum atomic E-state index is 13.8. The van der Waals surface area contributed by atoms with Crippen LogP contribution in [-0.2, 0) is 38.8 Å². The number of anilines is 1. The normalized spacial score (nSPS) is 14.0. The molecule has 1 aromatic heterocycles. The molecule has 1 aliphatic heterocycles. The fourth-order valence-electron chi connectivity index (χ4n) is 5.53. The van der Waals surface area contributed by atoms with Crippen LogP contribution in [0.3, 0.4) is 0 Å². The number of amidine groups is 1. The molecular weight excluding hydrogens is 646 g/mol. The number of amides is 2. The highest BCUT2D eigenvalue weighted by molar-refractivity contribution is 7.85. The van der Waals surface area contributed by atoms with Gasteiger partial charge in [-0.3, -0.25) is 19.7 Å². The van der Waals surface area contributed by atoms with Crippen LogP contribution in [0.5, 0.6) is 0 Å². The zero-order valence-electron chi connectivity index (χ0n) is 28.6. The number of imidazole rings is 1. The summed E-state index contributed by atoms with van der Waals surface area (Å²) in [5.41, 5.74) is 9.17. The summed E-state index contributed by atoms with van der Waals surface area (Å²) in [6.45, 7) is 7.70. The zero-order chi connectivity index (χ0) is 35.9. The molecule has 0 radical (unpaired) electrons. The molecule has 14 heteroatoms. The lowest BCUT2D eigenvalue weighted by Gasteiger charge is -2.39. The summed E-state index contributed by atoms with van der Waals surface area (Å²) in [6.07, 6.45) is 2.09. The van der Waals surface area contributed by atoms with E-state index in [0.29, 0.717) is 43.8 Å². The third-order valence-corrected chi connectivity index (χ3v) is 9.55. The lowest BCUT2D eigenvalue weighted by molar-refractivity contribution is -0.141. The van der Waals surface area contributed by atoms with E-state index in [1.807, 2.05) is 60.7 Å². The van der Waals surface area contributed by atoms with Gasteiger partial charge in [0.15, 0.2) is 0 Å². The molecule has 0 unspecified atom stereocenters. The summed E-state index contributed by atoms with van der Waals surface area (Å²) < 4.78 is 37.0. The first-order valence-corrected chi connectivity index (χ1v) is 17.5. The monoisotopic (exact) mass is 691 g/mol. The molecule has 0 saturated carbocycles. The first-order chi connectivity index (χ1) is 23.2. The molecule has 2 amide bonds. The van der Waals surface area contributed by atoms with Crippen molar-refractivity contribution in [1.29, 1.82) is 5.41 Å². The highest BCUT2D eigenvalue weighted by Gasteiger charge is 2.45. The number of nitrogen functional groups attached to an aromatic ring is 1. The van der Waals surface area contributed by atoms with Crippen molar-refractivity contribution in [2.24, 2.45) is 12.8 Å². The summed E-state index contributed by atoms with van der Waals surface area (Å²) in [6, 6.07) is 19.1. The van der Waals surface area contributed by atoms with Gasteiger partial charge >= 0.3 is 6.09 Å². The number of benzene rings is 3. The molecule has 262 valence electrons. The number of nitrogens with zero attached hydrogens (tertiary/aromatic N) is 4. The molecule has 1 atom stereocenters. The standard InChI is InChI=1S/C28H37N7O3.C7H8O3S/c1-5-16-38-27(37)34(4)28(2,26(36)35-14-6-7-15-35)20-10-13-23-22(17-20)32-24(33(23)3)18-31-21-11-8-19(9-12-21)25(29)30;1-6-2-4-7(5-3-6)11(8,9)10/h8-13,17,31H,5-7,14-16,18H2,1-4H3,(H3,29,30);2-5H,1H3,(H,8,9,10)/t28-;/m1./s1. The van der Waals surface area contributed by atoms with Crippen LogP contribution in [0.25, 0.3) is 11.0 Å². The summed E-state index contributed by atoms with van der Waals surface area (Å²) in [7, 11) is -0.441. The van der Waals surface area contributed by atoms with E-state index in [1.54, 1.807) is 38.2 Å². The van der Waals surface area contributed by atoms with Gasteiger partial charge in [-0.05, 0) is 87.2 Å². The van der Waals surface area contributed by atoms with Crippen molar-refractivity contribution >= 4 is 44.7 Å². The Balaban J connectivity index is 0.000000418. The first kappa shape index (κ1) is 36.9. The van der Waals surface area contributed by atoms with Crippen molar-refractivity contribution in [3.63, 3.8) is 0 Å². The van der Waals surface area contributed by atoms with Crippen molar-refractivity contribution in [2.45, 2.75) is 57.0 Å². The summed E-state index contributed by atoms with van der Waals surface area (Å²) >= 11 is 0. The van der Waals surface area contributed by atoms with Crippen LogP contribution in [0.4, 0.5) is 10.5 Å². The number of nitrogens with one attached hydrogen (secondary N) is 2. The summed E-state index contributed by atoms with van der Waals surface area (Å²) in [4.78, 5) is 34.8. The fourth-order valence-corrected chi connectivity index (χ4v) is 6.01. The number of aromatic nitrogens is 2. The molecular formula is C35H45N7O6S. The van der Waals surface area contributed by atoms with E-state index in [0.717, 1.165) is 41.0 Å². The number of carbonyl (C=O) groups is 2.